The Balaban J connectivity index is 2.46. The zero-order valence-corrected chi connectivity index (χ0v) is 10.3. The van der Waals surface area contributed by atoms with Crippen molar-refractivity contribution in [2.24, 2.45) is 0 Å². The summed E-state index contributed by atoms with van der Waals surface area (Å²) in [5.41, 5.74) is 1.57. The predicted octanol–water partition coefficient (Wildman–Crippen LogP) is 2.26. The molecule has 1 heterocycles. The Bertz CT molecular complexity index is 471. The molecule has 0 atom stereocenters. The van der Waals surface area contributed by atoms with Crippen LogP contribution in [0.25, 0.3) is 0 Å². The number of carbonyl (C=O) groups excluding carboxylic acids is 2. The van der Waals surface area contributed by atoms with E-state index in [1.54, 1.807) is 12.1 Å². The Morgan fingerprint density at radius 2 is 2.19 bits per heavy atom. The lowest BCUT2D eigenvalue weighted by atomic mass is 10.0. The molecule has 1 aliphatic rings. The van der Waals surface area contributed by atoms with Crippen LogP contribution in [-0.2, 0) is 16.0 Å². The maximum Gasteiger partial charge on any atom is 0.308 e. The number of ether oxygens (including phenoxy) is 1. The van der Waals surface area contributed by atoms with Crippen molar-refractivity contribution in [3.8, 4) is 5.75 Å². The van der Waals surface area contributed by atoms with Crippen molar-refractivity contribution in [2.75, 3.05) is 5.32 Å². The fourth-order valence-corrected chi connectivity index (χ4v) is 2.14. The largest absolute Gasteiger partial charge is 0.426 e. The van der Waals surface area contributed by atoms with E-state index in [0.29, 0.717) is 24.3 Å². The third-order valence-electron chi connectivity index (χ3n) is 2.34. The topological polar surface area (TPSA) is 55.4 Å². The normalized spacial score (nSPS) is 14.0. The van der Waals surface area contributed by atoms with Crippen LogP contribution in [0.15, 0.2) is 16.6 Å². The minimum Gasteiger partial charge on any atom is -0.426 e. The average Bonchev–Trinajstić information content (AvgIpc) is 2.22. The second-order valence-electron chi connectivity index (χ2n) is 3.54. The number of halogens is 1. The summed E-state index contributed by atoms with van der Waals surface area (Å²) in [5.74, 6) is 0.139. The quantitative estimate of drug-likeness (QED) is 0.635. The van der Waals surface area contributed by atoms with Crippen LogP contribution < -0.4 is 10.1 Å². The number of fused-ring (bicyclic) bond motifs is 1. The molecule has 0 saturated heterocycles. The van der Waals surface area contributed by atoms with E-state index in [-0.39, 0.29) is 11.9 Å². The third kappa shape index (κ3) is 2.09. The molecule has 0 fully saturated rings. The number of rotatable bonds is 1. The van der Waals surface area contributed by atoms with Crippen molar-refractivity contribution in [3.05, 3.63) is 22.2 Å². The van der Waals surface area contributed by atoms with Crippen molar-refractivity contribution in [1.29, 1.82) is 0 Å². The zero-order chi connectivity index (χ0) is 11.7. The van der Waals surface area contributed by atoms with E-state index in [4.69, 9.17) is 4.74 Å². The van der Waals surface area contributed by atoms with E-state index in [0.717, 1.165) is 10.0 Å². The second-order valence-corrected chi connectivity index (χ2v) is 4.40. The van der Waals surface area contributed by atoms with Gasteiger partial charge in [0.15, 0.2) is 0 Å². The van der Waals surface area contributed by atoms with Gasteiger partial charge in [0.05, 0.1) is 5.69 Å². The van der Waals surface area contributed by atoms with Gasteiger partial charge < -0.3 is 10.1 Å². The zero-order valence-electron chi connectivity index (χ0n) is 8.67. The highest BCUT2D eigenvalue weighted by atomic mass is 79.9. The van der Waals surface area contributed by atoms with Gasteiger partial charge in [-0.1, -0.05) is 0 Å². The molecule has 16 heavy (non-hydrogen) atoms. The number of nitrogens with one attached hydrogen (secondary N) is 1. The number of amides is 1. The van der Waals surface area contributed by atoms with Gasteiger partial charge >= 0.3 is 5.97 Å². The summed E-state index contributed by atoms with van der Waals surface area (Å²) in [6.07, 6.45) is 1.00. The van der Waals surface area contributed by atoms with Gasteiger partial charge in [-0.15, -0.1) is 0 Å². The van der Waals surface area contributed by atoms with Crippen LogP contribution in [0.2, 0.25) is 0 Å². The van der Waals surface area contributed by atoms with Crippen LogP contribution in [0.3, 0.4) is 0 Å². The summed E-state index contributed by atoms with van der Waals surface area (Å²) in [6, 6.07) is 3.48. The lowest BCUT2D eigenvalue weighted by molar-refractivity contribution is -0.131. The van der Waals surface area contributed by atoms with Gasteiger partial charge in [0.1, 0.15) is 5.75 Å². The molecule has 0 unspecified atom stereocenters. The fraction of sp³-hybridized carbons (Fsp3) is 0.273. The van der Waals surface area contributed by atoms with Gasteiger partial charge in [0, 0.05) is 23.4 Å². The molecule has 4 nitrogen and oxygen atoms in total. The molecule has 1 aliphatic heterocycles. The maximum absolute atomic E-state index is 11.3. The Hall–Kier alpha value is -1.36. The summed E-state index contributed by atoms with van der Waals surface area (Å²) in [6.45, 7) is 1.36. The number of benzene rings is 1. The molecule has 0 radical (unpaired) electrons. The van der Waals surface area contributed by atoms with Gasteiger partial charge in [-0.05, 0) is 34.5 Å². The van der Waals surface area contributed by atoms with E-state index in [1.165, 1.54) is 6.92 Å². The van der Waals surface area contributed by atoms with Crippen LogP contribution in [0.1, 0.15) is 18.9 Å². The number of hydrogen-bond donors (Lipinski definition) is 1. The molecule has 0 bridgehead atoms. The summed E-state index contributed by atoms with van der Waals surface area (Å²) in [7, 11) is 0. The standard InChI is InChI=1S/C11H10BrNO3/c1-6(14)16-9-4-3-8(12)11-7(9)2-5-10(15)13-11/h3-4H,2,5H2,1H3,(H,13,15). The SMILES string of the molecule is CC(=O)Oc1ccc(Br)c2c1CCC(=O)N2. The molecule has 5 heteroatoms. The molecule has 0 aliphatic carbocycles. The molecular weight excluding hydrogens is 274 g/mol. The first-order valence-electron chi connectivity index (χ1n) is 4.87. The van der Waals surface area contributed by atoms with E-state index < -0.39 is 0 Å². The van der Waals surface area contributed by atoms with Crippen LogP contribution in [0.4, 0.5) is 5.69 Å². The van der Waals surface area contributed by atoms with Crippen molar-refractivity contribution in [2.45, 2.75) is 19.8 Å². The molecular formula is C11H10BrNO3. The fourth-order valence-electron chi connectivity index (χ4n) is 1.67. The van der Waals surface area contributed by atoms with Crippen LogP contribution in [0.5, 0.6) is 5.75 Å². The van der Waals surface area contributed by atoms with E-state index >= 15 is 0 Å². The van der Waals surface area contributed by atoms with Crippen LogP contribution in [-0.4, -0.2) is 11.9 Å². The Labute approximate surface area is 101 Å². The van der Waals surface area contributed by atoms with Gasteiger partial charge in [0.2, 0.25) is 5.91 Å². The minimum absolute atomic E-state index is 0.0202. The minimum atomic E-state index is -0.360. The first-order valence-corrected chi connectivity index (χ1v) is 5.67. The Kier molecular flexibility index (Phi) is 2.96. The van der Waals surface area contributed by atoms with E-state index in [1.807, 2.05) is 0 Å². The van der Waals surface area contributed by atoms with Crippen molar-refractivity contribution >= 4 is 33.5 Å². The first kappa shape index (κ1) is 11.1. The molecule has 1 N–H and O–H groups in total. The molecule has 2 rings (SSSR count). The van der Waals surface area contributed by atoms with E-state index in [9.17, 15) is 9.59 Å². The van der Waals surface area contributed by atoms with Gasteiger partial charge in [-0.3, -0.25) is 9.59 Å². The monoisotopic (exact) mass is 283 g/mol. The predicted molar refractivity (Wildman–Crippen MR) is 62.4 cm³/mol. The highest BCUT2D eigenvalue weighted by Gasteiger charge is 2.21. The molecule has 0 spiro atoms. The number of carbonyl (C=O) groups is 2. The lowest BCUT2D eigenvalue weighted by Gasteiger charge is -2.20. The Morgan fingerprint density at radius 3 is 2.88 bits per heavy atom. The van der Waals surface area contributed by atoms with Crippen molar-refractivity contribution in [1.82, 2.24) is 0 Å². The van der Waals surface area contributed by atoms with Crippen LogP contribution >= 0.6 is 15.9 Å². The lowest BCUT2D eigenvalue weighted by Crippen LogP contribution is -2.20. The summed E-state index contributed by atoms with van der Waals surface area (Å²) >= 11 is 3.35. The average molecular weight is 284 g/mol. The Morgan fingerprint density at radius 1 is 1.44 bits per heavy atom. The number of anilines is 1. The first-order chi connectivity index (χ1) is 7.58. The second kappa shape index (κ2) is 4.25. The van der Waals surface area contributed by atoms with Gasteiger partial charge in [-0.2, -0.15) is 0 Å². The van der Waals surface area contributed by atoms with Gasteiger partial charge in [-0.25, -0.2) is 0 Å². The number of hydrogen-bond acceptors (Lipinski definition) is 3. The smallest absolute Gasteiger partial charge is 0.308 e. The summed E-state index contributed by atoms with van der Waals surface area (Å²) in [4.78, 5) is 22.2. The highest BCUT2D eigenvalue weighted by Crippen LogP contribution is 2.37. The molecule has 1 amide bonds. The summed E-state index contributed by atoms with van der Waals surface area (Å²) in [5, 5.41) is 2.76. The van der Waals surface area contributed by atoms with Crippen LogP contribution in [0, 0.1) is 0 Å². The molecule has 1 aromatic carbocycles. The van der Waals surface area contributed by atoms with Gasteiger partial charge in [0.25, 0.3) is 0 Å². The highest BCUT2D eigenvalue weighted by molar-refractivity contribution is 9.10. The molecule has 84 valence electrons. The third-order valence-corrected chi connectivity index (χ3v) is 3.00. The summed E-state index contributed by atoms with van der Waals surface area (Å²) < 4.78 is 5.89. The molecule has 1 aromatic rings. The molecule has 0 aromatic heterocycles. The number of esters is 1. The van der Waals surface area contributed by atoms with Crippen molar-refractivity contribution < 1.29 is 14.3 Å². The van der Waals surface area contributed by atoms with E-state index in [2.05, 4.69) is 21.2 Å². The maximum atomic E-state index is 11.3. The molecule has 0 saturated carbocycles. The van der Waals surface area contributed by atoms with Crippen molar-refractivity contribution in [3.63, 3.8) is 0 Å².